The molecule has 148 valence electrons. The quantitative estimate of drug-likeness (QED) is 0.497. The molecule has 0 aromatic carbocycles. The van der Waals surface area contributed by atoms with Gasteiger partial charge in [0.15, 0.2) is 0 Å². The molecule has 0 bridgehead atoms. The lowest BCUT2D eigenvalue weighted by Crippen LogP contribution is -2.50. The van der Waals surface area contributed by atoms with Crippen molar-refractivity contribution in [1.82, 2.24) is 0 Å². The Balaban J connectivity index is 2.18. The molecule has 1 N–H and O–H groups in total. The zero-order valence-corrected chi connectivity index (χ0v) is 17.1. The van der Waals surface area contributed by atoms with E-state index in [9.17, 15) is 9.59 Å². The Kier molecular flexibility index (Phi) is 6.57. The van der Waals surface area contributed by atoms with E-state index >= 15 is 0 Å². The molecule has 0 unspecified atom stereocenters. The van der Waals surface area contributed by atoms with Gasteiger partial charge in [-0.1, -0.05) is 33.8 Å². The summed E-state index contributed by atoms with van der Waals surface area (Å²) in [5.74, 6) is 0.487. The minimum absolute atomic E-state index is 0.0883. The predicted octanol–water partition coefficient (Wildman–Crippen LogP) is 5.22. The van der Waals surface area contributed by atoms with Crippen LogP contribution in [0.3, 0.4) is 0 Å². The van der Waals surface area contributed by atoms with Crippen LogP contribution in [-0.2, 0) is 14.3 Å². The lowest BCUT2D eigenvalue weighted by molar-refractivity contribution is -0.141. The molecule has 1 saturated carbocycles. The van der Waals surface area contributed by atoms with Crippen molar-refractivity contribution in [3.63, 3.8) is 0 Å². The van der Waals surface area contributed by atoms with E-state index in [-0.39, 0.29) is 29.1 Å². The third-order valence-corrected chi connectivity index (χ3v) is 7.50. The largest absolute Gasteiger partial charge is 0.481 e. The molecule has 1 fully saturated rings. The number of fused-ring (bicyclic) bond motifs is 1. The Bertz CT molecular complexity index is 566. The number of rotatable bonds is 7. The molecule has 0 aliphatic heterocycles. The standard InChI is InChI=1S/C22H36O4/c1-15(13-20(24)25)9-11-21(4)16(2)10-12-22(5)18(14-26-17(3)23)7-6-8-19(21)22/h7,15-16,19H,6,8-14H2,1-5H3,(H,24,25)/t15-,16+,19+,21-,22+/m0/s1. The van der Waals surface area contributed by atoms with Crippen LogP contribution in [0.2, 0.25) is 0 Å². The third kappa shape index (κ3) is 4.32. The molecule has 4 nitrogen and oxygen atoms in total. The van der Waals surface area contributed by atoms with E-state index in [1.54, 1.807) is 0 Å². The molecule has 2 aliphatic carbocycles. The predicted molar refractivity (Wildman–Crippen MR) is 103 cm³/mol. The molecular formula is C22H36O4. The smallest absolute Gasteiger partial charge is 0.303 e. The summed E-state index contributed by atoms with van der Waals surface area (Å²) in [4.78, 5) is 22.3. The summed E-state index contributed by atoms with van der Waals surface area (Å²) in [6.45, 7) is 11.1. The Morgan fingerprint density at radius 2 is 2.04 bits per heavy atom. The molecule has 0 amide bonds. The summed E-state index contributed by atoms with van der Waals surface area (Å²) < 4.78 is 5.36. The normalized spacial score (nSPS) is 35.2. The SMILES string of the molecule is CC(=O)OCC1=CCC[C@@H]2[C@@](C)(CC[C@H](C)CC(=O)O)[C@H](C)CC[C@]12C. The summed E-state index contributed by atoms with van der Waals surface area (Å²) in [5.41, 5.74) is 1.58. The molecular weight excluding hydrogens is 328 g/mol. The van der Waals surface area contributed by atoms with Crippen LogP contribution in [0.5, 0.6) is 0 Å². The van der Waals surface area contributed by atoms with Crippen LogP contribution >= 0.6 is 0 Å². The summed E-state index contributed by atoms with van der Waals surface area (Å²) in [7, 11) is 0. The van der Waals surface area contributed by atoms with Gasteiger partial charge in [-0.3, -0.25) is 9.59 Å². The highest BCUT2D eigenvalue weighted by atomic mass is 16.5. The zero-order chi connectivity index (χ0) is 19.5. The number of carboxylic acid groups (broad SMARTS) is 1. The summed E-state index contributed by atoms with van der Waals surface area (Å²) >= 11 is 0. The van der Waals surface area contributed by atoms with Crippen LogP contribution < -0.4 is 0 Å². The maximum Gasteiger partial charge on any atom is 0.303 e. The maximum absolute atomic E-state index is 11.3. The van der Waals surface area contributed by atoms with Crippen molar-refractivity contribution in [2.45, 2.75) is 79.6 Å². The molecule has 4 heteroatoms. The lowest BCUT2D eigenvalue weighted by Gasteiger charge is -2.58. The molecule has 2 rings (SSSR count). The average molecular weight is 365 g/mol. The molecule has 0 spiro atoms. The van der Waals surface area contributed by atoms with Crippen LogP contribution in [0.25, 0.3) is 0 Å². The zero-order valence-electron chi connectivity index (χ0n) is 17.1. The number of hydrogen-bond donors (Lipinski definition) is 1. The first-order valence-corrected chi connectivity index (χ1v) is 10.1. The summed E-state index contributed by atoms with van der Waals surface area (Å²) in [6.07, 6.45) is 9.12. The van der Waals surface area contributed by atoms with E-state index in [0.717, 1.165) is 25.7 Å². The van der Waals surface area contributed by atoms with E-state index in [0.29, 0.717) is 18.4 Å². The van der Waals surface area contributed by atoms with Gasteiger partial charge in [0.25, 0.3) is 0 Å². The van der Waals surface area contributed by atoms with E-state index in [1.165, 1.54) is 25.3 Å². The number of esters is 1. The number of carboxylic acids is 1. The molecule has 0 radical (unpaired) electrons. The van der Waals surface area contributed by atoms with Crippen molar-refractivity contribution in [3.05, 3.63) is 11.6 Å². The Hall–Kier alpha value is -1.32. The van der Waals surface area contributed by atoms with Gasteiger partial charge in [-0.25, -0.2) is 0 Å². The van der Waals surface area contributed by atoms with Gasteiger partial charge in [0, 0.05) is 13.3 Å². The van der Waals surface area contributed by atoms with E-state index in [1.807, 2.05) is 0 Å². The van der Waals surface area contributed by atoms with Gasteiger partial charge in [-0.05, 0) is 72.7 Å². The number of ether oxygens (including phenoxy) is 1. The molecule has 0 aromatic heterocycles. The van der Waals surface area contributed by atoms with E-state index in [4.69, 9.17) is 9.84 Å². The molecule has 0 heterocycles. The summed E-state index contributed by atoms with van der Waals surface area (Å²) in [5, 5.41) is 9.06. The van der Waals surface area contributed by atoms with Gasteiger partial charge in [-0.15, -0.1) is 0 Å². The van der Waals surface area contributed by atoms with Gasteiger partial charge < -0.3 is 9.84 Å². The van der Waals surface area contributed by atoms with Crippen molar-refractivity contribution in [3.8, 4) is 0 Å². The Morgan fingerprint density at radius 3 is 2.65 bits per heavy atom. The van der Waals surface area contributed by atoms with Gasteiger partial charge in [0.2, 0.25) is 0 Å². The molecule has 0 saturated heterocycles. The second kappa shape index (κ2) is 8.14. The first-order valence-electron chi connectivity index (χ1n) is 10.1. The Morgan fingerprint density at radius 1 is 1.35 bits per heavy atom. The number of carbonyl (C=O) groups is 2. The van der Waals surface area contributed by atoms with Crippen LogP contribution in [0.4, 0.5) is 0 Å². The molecule has 26 heavy (non-hydrogen) atoms. The fourth-order valence-electron chi connectivity index (χ4n) is 5.56. The topological polar surface area (TPSA) is 63.6 Å². The number of allylic oxidation sites excluding steroid dienone is 1. The fraction of sp³-hybridized carbons (Fsp3) is 0.818. The van der Waals surface area contributed by atoms with Crippen molar-refractivity contribution in [2.24, 2.45) is 28.6 Å². The number of hydrogen-bond acceptors (Lipinski definition) is 3. The first-order chi connectivity index (χ1) is 12.1. The first kappa shape index (κ1) is 21.0. The summed E-state index contributed by atoms with van der Waals surface area (Å²) in [6, 6.07) is 0. The average Bonchev–Trinajstić information content (AvgIpc) is 2.55. The van der Waals surface area contributed by atoms with Crippen LogP contribution in [0, 0.1) is 28.6 Å². The van der Waals surface area contributed by atoms with Gasteiger partial charge in [0.05, 0.1) is 0 Å². The van der Waals surface area contributed by atoms with Crippen LogP contribution in [-0.4, -0.2) is 23.7 Å². The molecule has 2 aliphatic rings. The minimum atomic E-state index is -0.701. The van der Waals surface area contributed by atoms with Gasteiger partial charge >= 0.3 is 11.9 Å². The van der Waals surface area contributed by atoms with Crippen molar-refractivity contribution in [1.29, 1.82) is 0 Å². The molecule has 0 aromatic rings. The van der Waals surface area contributed by atoms with Crippen LogP contribution in [0.1, 0.15) is 79.6 Å². The van der Waals surface area contributed by atoms with Crippen molar-refractivity contribution < 1.29 is 19.4 Å². The highest BCUT2D eigenvalue weighted by molar-refractivity contribution is 5.67. The molecule has 5 atom stereocenters. The number of aliphatic carboxylic acids is 1. The second-order valence-electron chi connectivity index (χ2n) is 9.24. The monoisotopic (exact) mass is 364 g/mol. The van der Waals surface area contributed by atoms with Crippen LogP contribution in [0.15, 0.2) is 11.6 Å². The lowest BCUT2D eigenvalue weighted by atomic mass is 9.46. The maximum atomic E-state index is 11.3. The van der Waals surface area contributed by atoms with Crippen molar-refractivity contribution >= 4 is 11.9 Å². The van der Waals surface area contributed by atoms with Gasteiger partial charge in [-0.2, -0.15) is 0 Å². The number of carbonyl (C=O) groups excluding carboxylic acids is 1. The second-order valence-corrected chi connectivity index (χ2v) is 9.24. The third-order valence-electron chi connectivity index (χ3n) is 7.50. The highest BCUT2D eigenvalue weighted by Gasteiger charge is 2.53. The van der Waals surface area contributed by atoms with Crippen molar-refractivity contribution in [2.75, 3.05) is 6.61 Å². The minimum Gasteiger partial charge on any atom is -0.481 e. The highest BCUT2D eigenvalue weighted by Crippen LogP contribution is 2.62. The van der Waals surface area contributed by atoms with E-state index < -0.39 is 5.97 Å². The van der Waals surface area contributed by atoms with E-state index in [2.05, 4.69) is 33.8 Å². The fourth-order valence-corrected chi connectivity index (χ4v) is 5.56. The Labute approximate surface area is 158 Å². The van der Waals surface area contributed by atoms with Gasteiger partial charge in [0.1, 0.15) is 6.61 Å².